The number of thioether (sulfide) groups is 1. The van der Waals surface area contributed by atoms with E-state index in [1.807, 2.05) is 67.7 Å². The van der Waals surface area contributed by atoms with E-state index in [0.29, 0.717) is 24.7 Å². The van der Waals surface area contributed by atoms with Gasteiger partial charge in [-0.3, -0.25) is 4.79 Å². The van der Waals surface area contributed by atoms with Crippen LogP contribution in [0.5, 0.6) is 5.75 Å². The highest BCUT2D eigenvalue weighted by atomic mass is 32.2. The number of unbranched alkanes of at least 4 members (excludes halogenated alkanes) is 1. The molecule has 0 aliphatic carbocycles. The Bertz CT molecular complexity index is 1640. The van der Waals surface area contributed by atoms with Crippen molar-refractivity contribution in [2.24, 2.45) is 5.92 Å². The van der Waals surface area contributed by atoms with E-state index in [4.69, 9.17) is 14.5 Å². The maximum Gasteiger partial charge on any atom is 0.251 e. The van der Waals surface area contributed by atoms with Crippen LogP contribution in [0.15, 0.2) is 77.6 Å². The quantitative estimate of drug-likeness (QED) is 0.0685. The van der Waals surface area contributed by atoms with E-state index in [9.17, 15) is 4.79 Å². The van der Waals surface area contributed by atoms with Gasteiger partial charge in [0.2, 0.25) is 0 Å². The molecule has 1 saturated heterocycles. The number of rotatable bonds is 17. The van der Waals surface area contributed by atoms with E-state index in [1.54, 1.807) is 18.1 Å². The van der Waals surface area contributed by atoms with Crippen molar-refractivity contribution < 1.29 is 14.3 Å². The molecule has 1 N–H and O–H groups in total. The monoisotopic (exact) mass is 668 g/mol. The van der Waals surface area contributed by atoms with E-state index in [0.717, 1.165) is 102 Å². The lowest BCUT2D eigenvalue weighted by atomic mass is 10.0. The number of benzene rings is 2. The van der Waals surface area contributed by atoms with Crippen LogP contribution in [-0.2, 0) is 21.8 Å². The fourth-order valence-corrected chi connectivity index (χ4v) is 6.42. The number of aromatic nitrogens is 4. The standard InChI is InChI=1S/C38H48N6O3S/c1-5-7-19-46-20-21-47-34-12-8-30(9-13-34)32-23-31(37(39-24-32)43-18-16-28(3)25-43)22-29(4)38(45)41-33-10-14-35(15-11-33)48-26-36-42-40-27-44(36)17-6-2/h8-15,22-24,27-28H,5-7,16-21,25-26H2,1-4H3,(H,41,45). The summed E-state index contributed by atoms with van der Waals surface area (Å²) in [6.45, 7) is 13.1. The maximum atomic E-state index is 13.4. The van der Waals surface area contributed by atoms with Gasteiger partial charge in [0.05, 0.1) is 12.4 Å². The first-order chi connectivity index (χ1) is 23.4. The van der Waals surface area contributed by atoms with Gasteiger partial charge in [0.1, 0.15) is 30.3 Å². The van der Waals surface area contributed by atoms with Crippen molar-refractivity contribution in [3.05, 3.63) is 84.1 Å². The van der Waals surface area contributed by atoms with E-state index in [2.05, 4.69) is 51.8 Å². The van der Waals surface area contributed by atoms with Crippen molar-refractivity contribution in [3.8, 4) is 16.9 Å². The number of aryl methyl sites for hydroxylation is 1. The maximum absolute atomic E-state index is 13.4. The molecule has 1 amide bonds. The summed E-state index contributed by atoms with van der Waals surface area (Å²) < 4.78 is 13.6. The van der Waals surface area contributed by atoms with Crippen LogP contribution in [-0.4, -0.2) is 58.6 Å². The molecule has 5 rings (SSSR count). The SMILES string of the molecule is CCCCOCCOc1ccc(-c2cnc(N3CCC(C)C3)c(C=C(C)C(=O)Nc3ccc(SCc4nncn4CCC)cc3)c2)cc1. The van der Waals surface area contributed by atoms with Crippen molar-refractivity contribution in [2.45, 2.75) is 70.6 Å². The third-order valence-electron chi connectivity index (χ3n) is 8.32. The summed E-state index contributed by atoms with van der Waals surface area (Å²) in [6, 6.07) is 18.1. The van der Waals surface area contributed by atoms with Crippen molar-refractivity contribution in [1.29, 1.82) is 0 Å². The average Bonchev–Trinajstić information content (AvgIpc) is 3.74. The number of nitrogens with one attached hydrogen (secondary N) is 1. The lowest BCUT2D eigenvalue weighted by Crippen LogP contribution is -2.21. The Hall–Kier alpha value is -4.15. The summed E-state index contributed by atoms with van der Waals surface area (Å²) in [5.74, 6) is 3.89. The van der Waals surface area contributed by atoms with Gasteiger partial charge in [-0.25, -0.2) is 4.98 Å². The summed E-state index contributed by atoms with van der Waals surface area (Å²) in [6.07, 6.45) is 10.0. The van der Waals surface area contributed by atoms with E-state index in [1.165, 1.54) is 0 Å². The van der Waals surface area contributed by atoms with Gasteiger partial charge in [-0.1, -0.05) is 39.3 Å². The van der Waals surface area contributed by atoms with Gasteiger partial charge in [0.25, 0.3) is 5.91 Å². The van der Waals surface area contributed by atoms with Crippen molar-refractivity contribution in [1.82, 2.24) is 19.7 Å². The lowest BCUT2D eigenvalue weighted by Gasteiger charge is -2.20. The average molecular weight is 669 g/mol. The van der Waals surface area contributed by atoms with Gasteiger partial charge in [-0.05, 0) is 86.2 Å². The number of ether oxygens (including phenoxy) is 2. The molecule has 0 radical (unpaired) electrons. The first kappa shape index (κ1) is 35.2. The second-order valence-corrected chi connectivity index (χ2v) is 13.4. The molecule has 0 saturated carbocycles. The molecule has 1 unspecified atom stereocenters. The Morgan fingerprint density at radius 3 is 2.58 bits per heavy atom. The predicted molar refractivity (Wildman–Crippen MR) is 195 cm³/mol. The largest absolute Gasteiger partial charge is 0.491 e. The van der Waals surface area contributed by atoms with Gasteiger partial charge in [-0.15, -0.1) is 22.0 Å². The number of pyridine rings is 1. The number of hydrogen-bond acceptors (Lipinski definition) is 8. The molecule has 1 fully saturated rings. The number of anilines is 2. The summed E-state index contributed by atoms with van der Waals surface area (Å²) in [4.78, 5) is 21.7. The van der Waals surface area contributed by atoms with Crippen LogP contribution in [0.1, 0.15) is 64.8 Å². The molecule has 3 heterocycles. The lowest BCUT2D eigenvalue weighted by molar-refractivity contribution is -0.112. The Morgan fingerprint density at radius 1 is 1.04 bits per heavy atom. The topological polar surface area (TPSA) is 94.4 Å². The Morgan fingerprint density at radius 2 is 1.85 bits per heavy atom. The van der Waals surface area contributed by atoms with Crippen LogP contribution in [0, 0.1) is 5.92 Å². The summed E-state index contributed by atoms with van der Waals surface area (Å²) in [5, 5.41) is 11.4. The van der Waals surface area contributed by atoms with Gasteiger partial charge >= 0.3 is 0 Å². The fourth-order valence-electron chi connectivity index (χ4n) is 5.57. The zero-order chi connectivity index (χ0) is 33.7. The summed E-state index contributed by atoms with van der Waals surface area (Å²) >= 11 is 1.70. The fraction of sp³-hybridized carbons (Fsp3) is 0.421. The predicted octanol–water partition coefficient (Wildman–Crippen LogP) is 8.13. The molecule has 1 aliphatic heterocycles. The molecule has 9 nitrogen and oxygen atoms in total. The van der Waals surface area contributed by atoms with Crippen molar-refractivity contribution >= 4 is 35.3 Å². The minimum atomic E-state index is -0.144. The molecule has 0 spiro atoms. The molecule has 1 aliphatic rings. The highest BCUT2D eigenvalue weighted by molar-refractivity contribution is 7.98. The number of carbonyl (C=O) groups is 1. The third kappa shape index (κ3) is 9.93. The van der Waals surface area contributed by atoms with Gasteiger partial charge in [-0.2, -0.15) is 0 Å². The van der Waals surface area contributed by atoms with Crippen LogP contribution in [0.4, 0.5) is 11.5 Å². The molecule has 48 heavy (non-hydrogen) atoms. The van der Waals surface area contributed by atoms with E-state index in [-0.39, 0.29) is 5.91 Å². The normalized spacial score (nSPS) is 14.8. The van der Waals surface area contributed by atoms with E-state index < -0.39 is 0 Å². The zero-order valence-corrected chi connectivity index (χ0v) is 29.5. The van der Waals surface area contributed by atoms with Crippen LogP contribution >= 0.6 is 11.8 Å². The van der Waals surface area contributed by atoms with Crippen molar-refractivity contribution in [2.75, 3.05) is 43.1 Å². The molecule has 2 aromatic heterocycles. The zero-order valence-electron chi connectivity index (χ0n) is 28.7. The Balaban J connectivity index is 1.25. The molecule has 0 bridgehead atoms. The van der Waals surface area contributed by atoms with Gasteiger partial charge in [0.15, 0.2) is 0 Å². The minimum Gasteiger partial charge on any atom is -0.491 e. The third-order valence-corrected chi connectivity index (χ3v) is 9.32. The molecule has 2 aromatic carbocycles. The first-order valence-electron chi connectivity index (χ1n) is 17.1. The van der Waals surface area contributed by atoms with Gasteiger partial charge < -0.3 is 24.3 Å². The van der Waals surface area contributed by atoms with Crippen LogP contribution in [0.2, 0.25) is 0 Å². The molecule has 4 aromatic rings. The smallest absolute Gasteiger partial charge is 0.251 e. The Labute approximate surface area is 289 Å². The summed E-state index contributed by atoms with van der Waals surface area (Å²) in [7, 11) is 0. The number of nitrogens with zero attached hydrogens (tertiary/aromatic N) is 5. The second-order valence-electron chi connectivity index (χ2n) is 12.4. The van der Waals surface area contributed by atoms with Crippen LogP contribution in [0.25, 0.3) is 17.2 Å². The molecule has 10 heteroatoms. The number of amides is 1. The highest BCUT2D eigenvalue weighted by Gasteiger charge is 2.22. The highest BCUT2D eigenvalue weighted by Crippen LogP contribution is 2.31. The number of carbonyl (C=O) groups excluding carboxylic acids is 1. The van der Waals surface area contributed by atoms with E-state index >= 15 is 0 Å². The Kier molecular flexibility index (Phi) is 13.1. The number of hydrogen-bond donors (Lipinski definition) is 1. The molecule has 254 valence electrons. The van der Waals surface area contributed by atoms with Crippen molar-refractivity contribution in [3.63, 3.8) is 0 Å². The van der Waals surface area contributed by atoms with Gasteiger partial charge in [0, 0.05) is 59.7 Å². The molecule has 1 atom stereocenters. The first-order valence-corrected chi connectivity index (χ1v) is 18.1. The molecular formula is C38H48N6O3S. The minimum absolute atomic E-state index is 0.144. The second kappa shape index (κ2) is 17.8. The molecular weight excluding hydrogens is 621 g/mol. The van der Waals surface area contributed by atoms with Crippen LogP contribution < -0.4 is 15.0 Å². The van der Waals surface area contributed by atoms with Crippen LogP contribution in [0.3, 0.4) is 0 Å². The summed E-state index contributed by atoms with van der Waals surface area (Å²) in [5.41, 5.74) is 4.32.